The van der Waals surface area contributed by atoms with Gasteiger partial charge in [0.2, 0.25) is 0 Å². The maximum absolute atomic E-state index is 11.4. The Morgan fingerprint density at radius 1 is 0.970 bits per heavy atom. The molecule has 174 valence electrons. The van der Waals surface area contributed by atoms with Crippen LogP contribution in [0.15, 0.2) is 77.8 Å². The van der Waals surface area contributed by atoms with Crippen molar-refractivity contribution in [1.29, 1.82) is 0 Å². The van der Waals surface area contributed by atoms with Gasteiger partial charge in [-0.1, -0.05) is 74.5 Å². The van der Waals surface area contributed by atoms with Crippen molar-refractivity contribution in [3.8, 4) is 11.5 Å². The monoisotopic (exact) mass is 561 g/mol. The first kappa shape index (κ1) is 27.6. The Balaban J connectivity index is 0.00000122. The second-order valence-electron chi connectivity index (χ2n) is 7.79. The van der Waals surface area contributed by atoms with E-state index in [1.54, 1.807) is 13.3 Å². The second-order valence-corrected chi connectivity index (χ2v) is 11.5. The van der Waals surface area contributed by atoms with Gasteiger partial charge in [0, 0.05) is 28.8 Å². The van der Waals surface area contributed by atoms with Crippen LogP contribution in [0.2, 0.25) is 0 Å². The molecule has 0 unspecified atom stereocenters. The van der Waals surface area contributed by atoms with Crippen LogP contribution in [0.25, 0.3) is 0 Å². The standard InChI is InChI=1S/C27H31NO2.2ClH.Zr/c1-5-23(6-2)28-19-20-17-24(30-4)18-25(26(20)29)27(3,21-13-9-7-10-14-21)22-15-11-8-12-16-22;;;/h7-19,23,29H,5-6H2,1-4H3;2*1H;/q;;;+2/p-2. The summed E-state index contributed by atoms with van der Waals surface area (Å²) in [5.74, 6) is 0.938. The first-order valence-electron chi connectivity index (χ1n) is 11.0. The molecule has 0 spiro atoms. The fourth-order valence-electron chi connectivity index (χ4n) is 3.93. The molecule has 0 fully saturated rings. The molecule has 6 heteroatoms. The molecule has 3 nitrogen and oxygen atoms in total. The van der Waals surface area contributed by atoms with Crippen molar-refractivity contribution >= 4 is 23.2 Å². The molecule has 0 radical (unpaired) electrons. The molecule has 0 aromatic heterocycles. The van der Waals surface area contributed by atoms with Crippen LogP contribution in [0, 0.1) is 0 Å². The van der Waals surface area contributed by atoms with Crippen molar-refractivity contribution in [1.82, 2.24) is 0 Å². The summed E-state index contributed by atoms with van der Waals surface area (Å²) in [6.45, 7) is 6.41. The van der Waals surface area contributed by atoms with E-state index in [2.05, 4.69) is 45.0 Å². The van der Waals surface area contributed by atoms with E-state index in [9.17, 15) is 5.11 Å². The molecule has 0 aliphatic carbocycles. The molecule has 0 aliphatic heterocycles. The summed E-state index contributed by atoms with van der Waals surface area (Å²) in [7, 11) is 11.5. The van der Waals surface area contributed by atoms with Crippen LogP contribution in [-0.2, 0) is 26.3 Å². The van der Waals surface area contributed by atoms with E-state index in [0.717, 1.165) is 29.5 Å². The predicted octanol–water partition coefficient (Wildman–Crippen LogP) is 7.74. The van der Waals surface area contributed by atoms with Gasteiger partial charge in [-0.25, -0.2) is 0 Å². The molecule has 1 N–H and O–H groups in total. The number of hydrogen-bond acceptors (Lipinski definition) is 3. The summed E-state index contributed by atoms with van der Waals surface area (Å²) in [6, 6.07) is 24.6. The molecule has 33 heavy (non-hydrogen) atoms. The SMILES string of the molecule is CCC(CC)N=Cc1cc(OC)cc(C(C)(c2ccccc2)c2ccccc2)c1O.[Cl][Zr][Cl]. The van der Waals surface area contributed by atoms with Gasteiger partial charge in [-0.05, 0) is 43.0 Å². The second kappa shape index (κ2) is 13.9. The number of aliphatic imine (C=N–C) groups is 1. The molecule has 3 aromatic carbocycles. The summed E-state index contributed by atoms with van der Waals surface area (Å²) in [5.41, 5.74) is 3.11. The summed E-state index contributed by atoms with van der Waals surface area (Å²) in [6.07, 6.45) is 3.72. The van der Waals surface area contributed by atoms with Crippen LogP contribution in [0.1, 0.15) is 55.9 Å². The van der Waals surface area contributed by atoms with Gasteiger partial charge in [0.05, 0.1) is 7.11 Å². The topological polar surface area (TPSA) is 41.8 Å². The molecule has 0 aliphatic rings. The number of nitrogens with zero attached hydrogens (tertiary/aromatic N) is 1. The van der Waals surface area contributed by atoms with Crippen LogP contribution >= 0.6 is 17.0 Å². The summed E-state index contributed by atoms with van der Waals surface area (Å²) >= 11 is -0.826. The van der Waals surface area contributed by atoms with Crippen molar-refractivity contribution in [3.63, 3.8) is 0 Å². The van der Waals surface area contributed by atoms with Crippen LogP contribution in [0.4, 0.5) is 0 Å². The van der Waals surface area contributed by atoms with Gasteiger partial charge >= 0.3 is 37.9 Å². The number of aromatic hydroxyl groups is 1. The van der Waals surface area contributed by atoms with Crippen LogP contribution in [0.3, 0.4) is 0 Å². The molecule has 0 saturated carbocycles. The van der Waals surface area contributed by atoms with Gasteiger partial charge in [-0.2, -0.15) is 0 Å². The Kier molecular flexibility index (Phi) is 11.7. The van der Waals surface area contributed by atoms with E-state index in [-0.39, 0.29) is 11.8 Å². The zero-order chi connectivity index (χ0) is 24.3. The van der Waals surface area contributed by atoms with E-state index in [1.807, 2.05) is 48.5 Å². The average molecular weight is 564 g/mol. The molecule has 0 amide bonds. The zero-order valence-electron chi connectivity index (χ0n) is 19.6. The predicted molar refractivity (Wildman–Crippen MR) is 137 cm³/mol. The Hall–Kier alpha value is -1.61. The molecule has 0 heterocycles. The van der Waals surface area contributed by atoms with Gasteiger partial charge in [0.15, 0.2) is 0 Å². The molecule has 0 bridgehead atoms. The minimum absolute atomic E-state index is 0.237. The maximum atomic E-state index is 11.4. The van der Waals surface area contributed by atoms with E-state index in [4.69, 9.17) is 26.8 Å². The van der Waals surface area contributed by atoms with Gasteiger partial charge < -0.3 is 9.84 Å². The van der Waals surface area contributed by atoms with Gasteiger partial charge in [-0.3, -0.25) is 4.99 Å². The Morgan fingerprint density at radius 3 is 1.88 bits per heavy atom. The van der Waals surface area contributed by atoms with Gasteiger partial charge in [0.25, 0.3) is 0 Å². The molecular formula is C27H31Cl2NO2Zr. The van der Waals surface area contributed by atoms with Crippen LogP contribution in [0.5, 0.6) is 11.5 Å². The summed E-state index contributed by atoms with van der Waals surface area (Å²) < 4.78 is 5.60. The van der Waals surface area contributed by atoms with E-state index in [1.165, 1.54) is 0 Å². The number of ether oxygens (including phenoxy) is 1. The van der Waals surface area contributed by atoms with Crippen molar-refractivity contribution in [2.45, 2.75) is 45.1 Å². The number of halogens is 2. The molecular weight excluding hydrogens is 532 g/mol. The Morgan fingerprint density at radius 2 is 1.45 bits per heavy atom. The first-order valence-corrected chi connectivity index (χ1v) is 17.3. The van der Waals surface area contributed by atoms with Gasteiger partial charge in [0.1, 0.15) is 11.5 Å². The number of methoxy groups -OCH3 is 1. The van der Waals surface area contributed by atoms with Crippen LogP contribution < -0.4 is 4.74 Å². The number of phenols is 1. The molecule has 0 saturated heterocycles. The third kappa shape index (κ3) is 6.95. The zero-order valence-corrected chi connectivity index (χ0v) is 23.5. The van der Waals surface area contributed by atoms with E-state index >= 15 is 0 Å². The van der Waals surface area contributed by atoms with Crippen molar-refractivity contribution in [2.24, 2.45) is 4.99 Å². The average Bonchev–Trinajstić information content (AvgIpc) is 2.86. The normalized spacial score (nSPS) is 11.2. The number of phenolic OH excluding ortho intramolecular Hbond substituents is 1. The van der Waals surface area contributed by atoms with Crippen molar-refractivity contribution < 1.29 is 30.7 Å². The Bertz CT molecular complexity index is 970. The van der Waals surface area contributed by atoms with Crippen LogP contribution in [-0.4, -0.2) is 24.5 Å². The van der Waals surface area contributed by atoms with E-state index < -0.39 is 26.3 Å². The third-order valence-electron chi connectivity index (χ3n) is 5.96. The quantitative estimate of drug-likeness (QED) is 0.225. The fourth-order valence-corrected chi connectivity index (χ4v) is 3.93. The van der Waals surface area contributed by atoms with Gasteiger partial charge in [-0.15, -0.1) is 0 Å². The summed E-state index contributed by atoms with van der Waals surface area (Å²) in [4.78, 5) is 4.70. The summed E-state index contributed by atoms with van der Waals surface area (Å²) in [5, 5.41) is 11.4. The molecule has 0 atom stereocenters. The van der Waals surface area contributed by atoms with Crippen molar-refractivity contribution in [2.75, 3.05) is 7.11 Å². The number of rotatable bonds is 8. The Labute approximate surface area is 216 Å². The molecule has 3 aromatic rings. The third-order valence-corrected chi connectivity index (χ3v) is 5.96. The van der Waals surface area contributed by atoms with Crippen molar-refractivity contribution in [3.05, 3.63) is 95.1 Å². The minimum atomic E-state index is -0.826. The first-order chi connectivity index (χ1) is 16.0. The van der Waals surface area contributed by atoms with E-state index in [0.29, 0.717) is 11.3 Å². The fraction of sp³-hybridized carbons (Fsp3) is 0.296. The molecule has 3 rings (SSSR count). The number of hydrogen-bond donors (Lipinski definition) is 1. The number of benzene rings is 3.